The van der Waals surface area contributed by atoms with Gasteiger partial charge in [0, 0.05) is 30.8 Å². The Hall–Kier alpha value is -1.90. The molecule has 4 aliphatic carbocycles. The van der Waals surface area contributed by atoms with E-state index in [2.05, 4.69) is 38.2 Å². The van der Waals surface area contributed by atoms with Crippen molar-refractivity contribution in [2.45, 2.75) is 117 Å². The molecule has 1 aromatic rings. The summed E-state index contributed by atoms with van der Waals surface area (Å²) in [5.41, 5.74) is 1.96. The number of aliphatic hydroxyl groups excluding tert-OH is 1. The number of hydrogen-bond donors (Lipinski definition) is 2. The first-order valence-corrected chi connectivity index (χ1v) is 15.4. The highest BCUT2D eigenvalue weighted by Gasteiger charge is 2.61. The molecule has 38 heavy (non-hydrogen) atoms. The van der Waals surface area contributed by atoms with Crippen LogP contribution in [0.3, 0.4) is 0 Å². The second-order valence-electron chi connectivity index (χ2n) is 13.2. The van der Waals surface area contributed by atoms with Gasteiger partial charge in [-0.1, -0.05) is 20.8 Å². The van der Waals surface area contributed by atoms with E-state index in [0.29, 0.717) is 53.1 Å². The third-order valence-corrected chi connectivity index (χ3v) is 11.7. The van der Waals surface area contributed by atoms with Gasteiger partial charge in [-0.05, 0) is 117 Å². The number of ketones is 1. The number of nitrogens with one attached hydrogen (secondary N) is 1. The molecule has 1 aromatic carbocycles. The van der Waals surface area contributed by atoms with Crippen molar-refractivity contribution in [1.29, 1.82) is 5.26 Å². The van der Waals surface area contributed by atoms with Gasteiger partial charge in [0.25, 0.3) is 0 Å². The molecule has 4 aliphatic rings. The zero-order valence-electron chi connectivity index (χ0n) is 23.8. The van der Waals surface area contributed by atoms with Crippen LogP contribution >= 0.6 is 0 Å². The van der Waals surface area contributed by atoms with E-state index in [9.17, 15) is 15.2 Å². The van der Waals surface area contributed by atoms with Crippen LogP contribution < -0.4 is 10.1 Å². The molecular formula is C33H48N2O3. The standard InChI is InChI=1S/C33H48N2O3/c1-4-25(5-2)35-21-23-16-22(20-34)17-27(18-23)38-15-14-33-13-11-29-28(30(33)8-9-31(33)37)7-6-24-19-26(36)10-12-32(24,29)3/h16-18,24-25,28-31,35,37H,4-15,19,21H2,1-3H3/t24?,28?,29?,30?,31-,32-,33+/m0/s1. The number of nitriles is 1. The molecule has 0 saturated heterocycles. The monoisotopic (exact) mass is 520 g/mol. The molecule has 5 rings (SSSR count). The van der Waals surface area contributed by atoms with Gasteiger partial charge in [-0.3, -0.25) is 4.79 Å². The van der Waals surface area contributed by atoms with Gasteiger partial charge >= 0.3 is 0 Å². The first-order valence-electron chi connectivity index (χ1n) is 15.4. The topological polar surface area (TPSA) is 82.3 Å². The van der Waals surface area contributed by atoms with Gasteiger partial charge in [-0.15, -0.1) is 0 Å². The molecule has 0 heterocycles. The Kier molecular flexibility index (Phi) is 8.22. The molecule has 0 radical (unpaired) electrons. The van der Waals surface area contributed by atoms with E-state index in [1.807, 2.05) is 12.1 Å². The molecule has 4 unspecified atom stereocenters. The summed E-state index contributed by atoms with van der Waals surface area (Å²) in [5, 5.41) is 24.5. The number of hydrogen-bond acceptors (Lipinski definition) is 5. The molecule has 0 spiro atoms. The highest BCUT2D eigenvalue weighted by molar-refractivity contribution is 5.79. The summed E-state index contributed by atoms with van der Waals surface area (Å²) in [6.07, 6.45) is 12.1. The number of rotatable bonds is 9. The van der Waals surface area contributed by atoms with Crippen molar-refractivity contribution in [1.82, 2.24) is 5.32 Å². The fraction of sp³-hybridized carbons (Fsp3) is 0.758. The van der Waals surface area contributed by atoms with Crippen molar-refractivity contribution < 1.29 is 14.6 Å². The van der Waals surface area contributed by atoms with Crippen molar-refractivity contribution in [2.24, 2.45) is 34.5 Å². The average Bonchev–Trinajstić information content (AvgIpc) is 3.25. The van der Waals surface area contributed by atoms with Gasteiger partial charge in [-0.25, -0.2) is 0 Å². The van der Waals surface area contributed by atoms with Gasteiger partial charge in [0.05, 0.1) is 24.3 Å². The van der Waals surface area contributed by atoms with Crippen LogP contribution in [0.5, 0.6) is 5.75 Å². The summed E-state index contributed by atoms with van der Waals surface area (Å²) in [6, 6.07) is 8.65. The summed E-state index contributed by atoms with van der Waals surface area (Å²) < 4.78 is 6.33. The fourth-order valence-corrected chi connectivity index (χ4v) is 9.41. The Labute approximate surface area is 229 Å². The van der Waals surface area contributed by atoms with E-state index in [1.165, 1.54) is 19.3 Å². The number of carbonyl (C=O) groups is 1. The first-order chi connectivity index (χ1) is 18.3. The maximum absolute atomic E-state index is 12.2. The predicted octanol–water partition coefficient (Wildman–Crippen LogP) is 6.56. The smallest absolute Gasteiger partial charge is 0.133 e. The van der Waals surface area contributed by atoms with Crippen LogP contribution in [0.25, 0.3) is 0 Å². The summed E-state index contributed by atoms with van der Waals surface area (Å²) in [4.78, 5) is 12.2. The second-order valence-corrected chi connectivity index (χ2v) is 13.2. The van der Waals surface area contributed by atoms with E-state index in [-0.39, 0.29) is 11.5 Å². The van der Waals surface area contributed by atoms with Gasteiger partial charge in [0.1, 0.15) is 11.5 Å². The Morgan fingerprint density at radius 2 is 1.92 bits per heavy atom. The summed E-state index contributed by atoms with van der Waals surface area (Å²) in [5.74, 6) is 3.71. The van der Waals surface area contributed by atoms with Gasteiger partial charge in [-0.2, -0.15) is 5.26 Å². The molecule has 5 nitrogen and oxygen atoms in total. The molecule has 7 atom stereocenters. The SMILES string of the molecule is CCC(CC)NCc1cc(C#N)cc(OCC[C@]23CCC4C(CCC5CC(=O)CC[C@@]54C)C2CC[C@@H]3O)c1. The Morgan fingerprint density at radius 1 is 1.11 bits per heavy atom. The van der Waals surface area contributed by atoms with E-state index in [4.69, 9.17) is 4.74 Å². The molecule has 0 aromatic heterocycles. The average molecular weight is 521 g/mol. The largest absolute Gasteiger partial charge is 0.494 e. The summed E-state index contributed by atoms with van der Waals surface area (Å²) >= 11 is 0. The van der Waals surface area contributed by atoms with Crippen LogP contribution in [-0.2, 0) is 11.3 Å². The number of benzene rings is 1. The summed E-state index contributed by atoms with van der Waals surface area (Å²) in [6.45, 7) is 8.19. The second kappa shape index (κ2) is 11.3. The van der Waals surface area contributed by atoms with E-state index >= 15 is 0 Å². The number of nitrogens with zero attached hydrogens (tertiary/aromatic N) is 1. The minimum absolute atomic E-state index is 0.0540. The van der Waals surface area contributed by atoms with Crippen LogP contribution in [0.15, 0.2) is 18.2 Å². The maximum atomic E-state index is 12.2. The number of fused-ring (bicyclic) bond motifs is 5. The van der Waals surface area contributed by atoms with E-state index in [1.54, 1.807) is 0 Å². The van der Waals surface area contributed by atoms with Crippen LogP contribution in [-0.4, -0.2) is 29.6 Å². The number of aliphatic hydroxyl groups is 1. The Balaban J connectivity index is 1.26. The molecule has 4 saturated carbocycles. The minimum Gasteiger partial charge on any atom is -0.494 e. The number of carbonyl (C=O) groups excluding carboxylic acids is 1. The van der Waals surface area contributed by atoms with Crippen LogP contribution in [0, 0.1) is 45.8 Å². The molecule has 2 N–H and O–H groups in total. The van der Waals surface area contributed by atoms with Crippen LogP contribution in [0.2, 0.25) is 0 Å². The van der Waals surface area contributed by atoms with Crippen molar-refractivity contribution in [3.8, 4) is 11.8 Å². The molecule has 208 valence electrons. The zero-order valence-corrected chi connectivity index (χ0v) is 23.8. The predicted molar refractivity (Wildman–Crippen MR) is 150 cm³/mol. The van der Waals surface area contributed by atoms with Crippen molar-refractivity contribution in [3.63, 3.8) is 0 Å². The quantitative estimate of drug-likeness (QED) is 0.385. The van der Waals surface area contributed by atoms with Gasteiger partial charge < -0.3 is 15.2 Å². The molecular weight excluding hydrogens is 472 g/mol. The third kappa shape index (κ3) is 5.04. The maximum Gasteiger partial charge on any atom is 0.133 e. The lowest BCUT2D eigenvalue weighted by molar-refractivity contribution is -0.145. The van der Waals surface area contributed by atoms with Crippen LogP contribution in [0.1, 0.15) is 109 Å². The Morgan fingerprint density at radius 3 is 2.68 bits per heavy atom. The minimum atomic E-state index is -0.249. The fourth-order valence-electron chi connectivity index (χ4n) is 9.41. The number of Topliss-reactive ketones (excluding diaryl/α,β-unsaturated/α-hetero) is 1. The lowest BCUT2D eigenvalue weighted by Gasteiger charge is -2.60. The van der Waals surface area contributed by atoms with E-state index < -0.39 is 0 Å². The normalized spacial score (nSPS) is 36.3. The van der Waals surface area contributed by atoms with Crippen molar-refractivity contribution >= 4 is 5.78 Å². The molecule has 0 bridgehead atoms. The molecule has 0 aliphatic heterocycles. The van der Waals surface area contributed by atoms with Gasteiger partial charge in [0.2, 0.25) is 0 Å². The molecule has 0 amide bonds. The highest BCUT2D eigenvalue weighted by atomic mass is 16.5. The Bertz CT molecular complexity index is 1050. The first kappa shape index (κ1) is 27.7. The highest BCUT2D eigenvalue weighted by Crippen LogP contribution is 2.66. The van der Waals surface area contributed by atoms with Crippen molar-refractivity contribution in [3.05, 3.63) is 29.3 Å². The van der Waals surface area contributed by atoms with Gasteiger partial charge in [0.15, 0.2) is 0 Å². The van der Waals surface area contributed by atoms with Crippen LogP contribution in [0.4, 0.5) is 0 Å². The zero-order chi connectivity index (χ0) is 26.9. The lowest BCUT2D eigenvalue weighted by atomic mass is 9.44. The van der Waals surface area contributed by atoms with Crippen molar-refractivity contribution in [2.75, 3.05) is 6.61 Å². The summed E-state index contributed by atoms with van der Waals surface area (Å²) in [7, 11) is 0. The molecule has 5 heteroatoms. The molecule has 4 fully saturated rings. The number of ether oxygens (including phenoxy) is 1. The third-order valence-electron chi connectivity index (χ3n) is 11.7. The lowest BCUT2D eigenvalue weighted by Crippen LogP contribution is -2.55. The van der Waals surface area contributed by atoms with E-state index in [0.717, 1.165) is 75.6 Å².